The molecule has 0 saturated carbocycles. The smallest absolute Gasteiger partial charge is 0.173 e. The predicted molar refractivity (Wildman–Crippen MR) is 112 cm³/mol. The second kappa shape index (κ2) is 9.71. The van der Waals surface area contributed by atoms with Crippen LogP contribution in [0.4, 0.5) is 10.1 Å². The van der Waals surface area contributed by atoms with Crippen LogP contribution in [0.2, 0.25) is 0 Å². The molecule has 1 fully saturated rings. The fourth-order valence-electron chi connectivity index (χ4n) is 3.16. The number of anilines is 1. The second-order valence-electron chi connectivity index (χ2n) is 6.64. The van der Waals surface area contributed by atoms with Crippen molar-refractivity contribution in [1.82, 2.24) is 4.90 Å². The summed E-state index contributed by atoms with van der Waals surface area (Å²) in [6.45, 7) is 2.01. The van der Waals surface area contributed by atoms with Crippen molar-refractivity contribution in [2.45, 2.75) is 25.5 Å². The summed E-state index contributed by atoms with van der Waals surface area (Å²) in [4.78, 5) is 2.04. The van der Waals surface area contributed by atoms with E-state index in [1.54, 1.807) is 32.4 Å². The van der Waals surface area contributed by atoms with Gasteiger partial charge in [0.15, 0.2) is 5.11 Å². The van der Waals surface area contributed by atoms with Crippen molar-refractivity contribution in [1.29, 1.82) is 0 Å². The monoisotopic (exact) mass is 404 g/mol. The number of halogens is 1. The van der Waals surface area contributed by atoms with Gasteiger partial charge in [-0.1, -0.05) is 12.1 Å². The second-order valence-corrected chi connectivity index (χ2v) is 7.03. The molecular formula is C21H25FN2O3S. The Labute approximate surface area is 170 Å². The molecule has 1 atom stereocenters. The molecular weight excluding hydrogens is 379 g/mol. The fraction of sp³-hybridized carbons (Fsp3) is 0.381. The number of benzene rings is 2. The molecule has 1 unspecified atom stereocenters. The highest BCUT2D eigenvalue weighted by Crippen LogP contribution is 2.29. The Morgan fingerprint density at radius 3 is 2.64 bits per heavy atom. The summed E-state index contributed by atoms with van der Waals surface area (Å²) in [5, 5.41) is 3.82. The van der Waals surface area contributed by atoms with E-state index in [0.717, 1.165) is 30.7 Å². The van der Waals surface area contributed by atoms with E-state index in [-0.39, 0.29) is 11.9 Å². The molecule has 1 aliphatic heterocycles. The van der Waals surface area contributed by atoms with E-state index in [0.29, 0.717) is 29.7 Å². The summed E-state index contributed by atoms with van der Waals surface area (Å²) in [5.74, 6) is 1.09. The van der Waals surface area contributed by atoms with Crippen LogP contribution in [0.25, 0.3) is 0 Å². The van der Waals surface area contributed by atoms with E-state index in [4.69, 9.17) is 26.4 Å². The number of thiocarbonyl (C=S) groups is 1. The van der Waals surface area contributed by atoms with Crippen molar-refractivity contribution >= 4 is 23.0 Å². The van der Waals surface area contributed by atoms with Gasteiger partial charge in [0.2, 0.25) is 0 Å². The highest BCUT2D eigenvalue weighted by Gasteiger charge is 2.22. The summed E-state index contributed by atoms with van der Waals surface area (Å²) >= 11 is 5.68. The van der Waals surface area contributed by atoms with Gasteiger partial charge < -0.3 is 24.4 Å². The van der Waals surface area contributed by atoms with Crippen LogP contribution >= 0.6 is 12.2 Å². The topological polar surface area (TPSA) is 43.0 Å². The van der Waals surface area contributed by atoms with Gasteiger partial charge in [0.1, 0.15) is 17.3 Å². The summed E-state index contributed by atoms with van der Waals surface area (Å²) in [7, 11) is 3.21. The van der Waals surface area contributed by atoms with Crippen molar-refractivity contribution in [3.63, 3.8) is 0 Å². The number of nitrogens with one attached hydrogen (secondary N) is 1. The molecule has 2 aromatic carbocycles. The third-order valence-corrected chi connectivity index (χ3v) is 5.03. The number of nitrogens with zero attached hydrogens (tertiary/aromatic N) is 1. The van der Waals surface area contributed by atoms with Gasteiger partial charge in [0, 0.05) is 25.8 Å². The lowest BCUT2D eigenvalue weighted by atomic mass is 10.2. The van der Waals surface area contributed by atoms with Crippen LogP contribution in [0.1, 0.15) is 18.4 Å². The standard InChI is InChI=1S/C21H25FN2O3S/c1-25-17-9-10-19(20(12-17)26-2)23-21(28)24(14-18-4-3-11-27-18)13-15-5-7-16(22)8-6-15/h5-10,12,18H,3-4,11,13-14H2,1-2H3,(H,23,28). The van der Waals surface area contributed by atoms with Crippen molar-refractivity contribution in [2.24, 2.45) is 0 Å². The summed E-state index contributed by atoms with van der Waals surface area (Å²) in [5.41, 5.74) is 1.73. The number of hydrogen-bond donors (Lipinski definition) is 1. The van der Waals surface area contributed by atoms with Crippen LogP contribution in [-0.2, 0) is 11.3 Å². The van der Waals surface area contributed by atoms with Crippen LogP contribution in [0.15, 0.2) is 42.5 Å². The van der Waals surface area contributed by atoms with Gasteiger partial charge >= 0.3 is 0 Å². The minimum Gasteiger partial charge on any atom is -0.497 e. The minimum absolute atomic E-state index is 0.137. The largest absolute Gasteiger partial charge is 0.497 e. The predicted octanol–water partition coefficient (Wildman–Crippen LogP) is 4.22. The van der Waals surface area contributed by atoms with Crippen LogP contribution in [0, 0.1) is 5.82 Å². The van der Waals surface area contributed by atoms with Gasteiger partial charge in [-0.05, 0) is 54.9 Å². The highest BCUT2D eigenvalue weighted by atomic mass is 32.1. The van der Waals surface area contributed by atoms with Crippen LogP contribution in [-0.4, -0.2) is 43.5 Å². The van der Waals surface area contributed by atoms with Gasteiger partial charge in [-0.2, -0.15) is 0 Å². The van der Waals surface area contributed by atoms with E-state index in [2.05, 4.69) is 5.32 Å². The zero-order valence-corrected chi connectivity index (χ0v) is 16.9. The fourth-order valence-corrected chi connectivity index (χ4v) is 3.41. The molecule has 1 N–H and O–H groups in total. The molecule has 0 amide bonds. The third kappa shape index (κ3) is 5.33. The lowest BCUT2D eigenvalue weighted by Gasteiger charge is -2.28. The average Bonchev–Trinajstić information content (AvgIpc) is 3.22. The number of hydrogen-bond acceptors (Lipinski definition) is 4. The highest BCUT2D eigenvalue weighted by molar-refractivity contribution is 7.80. The van der Waals surface area contributed by atoms with Gasteiger partial charge in [-0.25, -0.2) is 4.39 Å². The van der Waals surface area contributed by atoms with E-state index in [1.807, 2.05) is 17.0 Å². The van der Waals surface area contributed by atoms with E-state index in [1.165, 1.54) is 12.1 Å². The molecule has 7 heteroatoms. The quantitative estimate of drug-likeness (QED) is 0.697. The minimum atomic E-state index is -0.252. The first-order valence-corrected chi connectivity index (χ1v) is 9.64. The molecule has 3 rings (SSSR count). The molecule has 28 heavy (non-hydrogen) atoms. The SMILES string of the molecule is COc1ccc(NC(=S)N(Cc2ccc(F)cc2)CC2CCCO2)c(OC)c1. The molecule has 1 saturated heterocycles. The summed E-state index contributed by atoms with van der Waals surface area (Å²) in [6.07, 6.45) is 2.20. The maximum atomic E-state index is 13.2. The molecule has 1 aliphatic rings. The molecule has 2 aromatic rings. The lowest BCUT2D eigenvalue weighted by molar-refractivity contribution is 0.0905. The molecule has 0 radical (unpaired) electrons. The Morgan fingerprint density at radius 1 is 1.21 bits per heavy atom. The zero-order valence-electron chi connectivity index (χ0n) is 16.1. The number of ether oxygens (including phenoxy) is 3. The van der Waals surface area contributed by atoms with Crippen LogP contribution < -0.4 is 14.8 Å². The lowest BCUT2D eigenvalue weighted by Crippen LogP contribution is -2.39. The molecule has 0 spiro atoms. The molecule has 0 aliphatic carbocycles. The van der Waals surface area contributed by atoms with E-state index < -0.39 is 0 Å². The molecule has 150 valence electrons. The Kier molecular flexibility index (Phi) is 7.06. The van der Waals surface area contributed by atoms with E-state index >= 15 is 0 Å². The molecule has 0 bridgehead atoms. The van der Waals surface area contributed by atoms with Gasteiger partial charge in [-0.3, -0.25) is 0 Å². The Bertz CT molecular complexity index is 795. The molecule has 0 aromatic heterocycles. The van der Waals surface area contributed by atoms with Crippen LogP contribution in [0.3, 0.4) is 0 Å². The average molecular weight is 405 g/mol. The number of methoxy groups -OCH3 is 2. The molecule has 1 heterocycles. The van der Waals surface area contributed by atoms with Crippen molar-refractivity contribution in [3.05, 3.63) is 53.8 Å². The van der Waals surface area contributed by atoms with Crippen molar-refractivity contribution in [3.8, 4) is 11.5 Å². The summed E-state index contributed by atoms with van der Waals surface area (Å²) < 4.78 is 29.7. The summed E-state index contributed by atoms with van der Waals surface area (Å²) in [6, 6.07) is 12.0. The van der Waals surface area contributed by atoms with E-state index in [9.17, 15) is 4.39 Å². The Hall–Kier alpha value is -2.38. The first-order valence-electron chi connectivity index (χ1n) is 9.23. The molecule has 5 nitrogen and oxygen atoms in total. The first kappa shape index (κ1) is 20.4. The van der Waals surface area contributed by atoms with Gasteiger partial charge in [0.05, 0.1) is 26.0 Å². The van der Waals surface area contributed by atoms with Crippen molar-refractivity contribution < 1.29 is 18.6 Å². The maximum Gasteiger partial charge on any atom is 0.173 e. The van der Waals surface area contributed by atoms with Gasteiger partial charge in [0.25, 0.3) is 0 Å². The normalized spacial score (nSPS) is 15.9. The number of rotatable bonds is 7. The third-order valence-electron chi connectivity index (χ3n) is 4.67. The van der Waals surface area contributed by atoms with Crippen LogP contribution in [0.5, 0.6) is 11.5 Å². The van der Waals surface area contributed by atoms with Gasteiger partial charge in [-0.15, -0.1) is 0 Å². The Morgan fingerprint density at radius 2 is 2.00 bits per heavy atom. The first-order chi connectivity index (χ1) is 13.6. The maximum absolute atomic E-state index is 13.2. The zero-order chi connectivity index (χ0) is 19.9. The van der Waals surface area contributed by atoms with Crippen molar-refractivity contribution in [2.75, 3.05) is 32.7 Å². The Balaban J connectivity index is 1.76.